The lowest BCUT2D eigenvalue weighted by Gasteiger charge is -2.27. The third kappa shape index (κ3) is 0.975. The van der Waals surface area contributed by atoms with E-state index in [1.54, 1.807) is 24.3 Å². The Morgan fingerprint density at radius 2 is 2.17 bits per heavy atom. The molecule has 0 aromatic heterocycles. The maximum absolute atomic E-state index is 11.2. The van der Waals surface area contributed by atoms with Gasteiger partial charge in [-0.15, -0.1) is 0 Å². The van der Waals surface area contributed by atoms with Crippen LogP contribution in [0.5, 0.6) is 0 Å². The van der Waals surface area contributed by atoms with Crippen LogP contribution in [0.1, 0.15) is 10.4 Å². The van der Waals surface area contributed by atoms with Crippen molar-refractivity contribution in [2.75, 3.05) is 6.67 Å². The second-order valence-electron chi connectivity index (χ2n) is 2.65. The van der Waals surface area contributed by atoms with Gasteiger partial charge in [-0.3, -0.25) is 4.79 Å². The topological polar surface area (TPSA) is 56.6 Å². The maximum atomic E-state index is 11.2. The average molecular weight is 164 g/mol. The summed E-state index contributed by atoms with van der Waals surface area (Å²) in [7, 11) is 0. The minimum atomic E-state index is -0.162. The van der Waals surface area contributed by atoms with Crippen molar-refractivity contribution in [3.05, 3.63) is 35.0 Å². The highest BCUT2D eigenvalue weighted by Gasteiger charge is 2.20. The van der Waals surface area contributed by atoms with Crippen LogP contribution in [0.2, 0.25) is 0 Å². The number of nitrogens with one attached hydrogen (secondary N) is 2. The number of fused-ring (bicyclic) bond motifs is 1. The van der Waals surface area contributed by atoms with Crippen molar-refractivity contribution in [3.8, 4) is 0 Å². The molecule has 12 heavy (non-hydrogen) atoms. The number of quaternary nitrogens is 1. The second-order valence-corrected chi connectivity index (χ2v) is 2.65. The van der Waals surface area contributed by atoms with Gasteiger partial charge < -0.3 is 15.6 Å². The van der Waals surface area contributed by atoms with E-state index in [4.69, 9.17) is 0 Å². The zero-order valence-corrected chi connectivity index (χ0v) is 6.33. The minimum Gasteiger partial charge on any atom is -0.628 e. The molecule has 2 N–H and O–H groups in total. The predicted octanol–water partition coefficient (Wildman–Crippen LogP) is -0.598. The van der Waals surface area contributed by atoms with Crippen LogP contribution in [0, 0.1) is 5.21 Å². The molecule has 1 unspecified atom stereocenters. The predicted molar refractivity (Wildman–Crippen MR) is 42.8 cm³/mol. The van der Waals surface area contributed by atoms with Crippen molar-refractivity contribution in [1.82, 2.24) is 5.32 Å². The van der Waals surface area contributed by atoms with Crippen LogP contribution in [0.4, 0.5) is 5.69 Å². The van der Waals surface area contributed by atoms with Gasteiger partial charge in [-0.25, -0.2) is 0 Å². The Morgan fingerprint density at radius 3 is 2.92 bits per heavy atom. The Morgan fingerprint density at radius 1 is 1.42 bits per heavy atom. The molecule has 0 radical (unpaired) electrons. The van der Waals surface area contributed by atoms with Crippen LogP contribution in [0.25, 0.3) is 0 Å². The second kappa shape index (κ2) is 2.58. The van der Waals surface area contributed by atoms with Crippen molar-refractivity contribution in [2.24, 2.45) is 0 Å². The molecule has 1 aliphatic rings. The summed E-state index contributed by atoms with van der Waals surface area (Å²) in [6, 6.07) is 6.84. The first-order chi connectivity index (χ1) is 5.79. The quantitative estimate of drug-likeness (QED) is 0.503. The van der Waals surface area contributed by atoms with E-state index in [1.165, 1.54) is 0 Å². The summed E-state index contributed by atoms with van der Waals surface area (Å²) in [5.41, 5.74) is 1.01. The van der Waals surface area contributed by atoms with Crippen LogP contribution in [0.3, 0.4) is 0 Å². The van der Waals surface area contributed by atoms with Crippen molar-refractivity contribution < 1.29 is 9.86 Å². The van der Waals surface area contributed by atoms with E-state index in [2.05, 4.69) is 5.32 Å². The van der Waals surface area contributed by atoms with E-state index in [-0.39, 0.29) is 17.6 Å². The van der Waals surface area contributed by atoms with Gasteiger partial charge in [-0.05, 0) is 6.07 Å². The molecule has 0 bridgehead atoms. The van der Waals surface area contributed by atoms with Crippen LogP contribution < -0.4 is 10.4 Å². The first-order valence-electron chi connectivity index (χ1n) is 3.69. The lowest BCUT2D eigenvalue weighted by molar-refractivity contribution is -0.780. The number of carbonyl (C=O) groups is 1. The molecule has 0 fully saturated rings. The molecule has 1 amide bonds. The Hall–Kier alpha value is -1.39. The van der Waals surface area contributed by atoms with Gasteiger partial charge in [0.05, 0.1) is 0 Å². The highest BCUT2D eigenvalue weighted by atomic mass is 16.5. The van der Waals surface area contributed by atoms with Gasteiger partial charge in [-0.2, -0.15) is 0 Å². The largest absolute Gasteiger partial charge is 0.628 e. The summed E-state index contributed by atoms with van der Waals surface area (Å²) in [5, 5.41) is 13.7. The Kier molecular flexibility index (Phi) is 1.56. The van der Waals surface area contributed by atoms with Gasteiger partial charge in [0.1, 0.15) is 11.3 Å². The maximum Gasteiger partial charge on any atom is 0.261 e. The summed E-state index contributed by atoms with van der Waals surface area (Å²) in [6.45, 7) is 0.121. The fraction of sp³-hybridized carbons (Fsp3) is 0.125. The average Bonchev–Trinajstić information content (AvgIpc) is 2.12. The van der Waals surface area contributed by atoms with Gasteiger partial charge in [0.15, 0.2) is 6.67 Å². The molecule has 1 aromatic rings. The highest BCUT2D eigenvalue weighted by molar-refractivity contribution is 5.98. The van der Waals surface area contributed by atoms with Crippen molar-refractivity contribution in [2.45, 2.75) is 0 Å². The smallest absolute Gasteiger partial charge is 0.261 e. The number of carbonyl (C=O) groups excluding carboxylic acids is 1. The zero-order chi connectivity index (χ0) is 8.55. The first-order valence-corrected chi connectivity index (χ1v) is 3.69. The van der Waals surface area contributed by atoms with Crippen LogP contribution >= 0.6 is 0 Å². The van der Waals surface area contributed by atoms with Gasteiger partial charge in [0.2, 0.25) is 0 Å². The molecule has 1 aromatic carbocycles. The molecule has 4 nitrogen and oxygen atoms in total. The number of hydrogen-bond acceptors (Lipinski definition) is 2. The number of benzene rings is 1. The van der Waals surface area contributed by atoms with E-state index < -0.39 is 0 Å². The lowest BCUT2D eigenvalue weighted by atomic mass is 10.1. The van der Waals surface area contributed by atoms with Gasteiger partial charge in [0.25, 0.3) is 5.91 Å². The zero-order valence-electron chi connectivity index (χ0n) is 6.33. The molecule has 0 saturated heterocycles. The van der Waals surface area contributed by atoms with E-state index >= 15 is 0 Å². The molecule has 0 spiro atoms. The monoisotopic (exact) mass is 164 g/mol. The van der Waals surface area contributed by atoms with E-state index in [0.29, 0.717) is 11.3 Å². The Bertz CT molecular complexity index is 325. The third-order valence-corrected chi connectivity index (χ3v) is 1.88. The number of rotatable bonds is 0. The van der Waals surface area contributed by atoms with Crippen molar-refractivity contribution in [1.29, 1.82) is 0 Å². The van der Waals surface area contributed by atoms with Crippen molar-refractivity contribution >= 4 is 11.6 Å². The van der Waals surface area contributed by atoms with E-state index in [9.17, 15) is 10.0 Å². The Balaban J connectivity index is 2.55. The molecular formula is C8H8N2O2. The van der Waals surface area contributed by atoms with Gasteiger partial charge in [-0.1, -0.05) is 12.1 Å². The fourth-order valence-corrected chi connectivity index (χ4v) is 1.28. The van der Waals surface area contributed by atoms with Gasteiger partial charge in [0, 0.05) is 6.07 Å². The molecule has 1 heterocycles. The van der Waals surface area contributed by atoms with Crippen molar-refractivity contribution in [3.63, 3.8) is 0 Å². The normalized spacial score (nSPS) is 21.4. The molecule has 0 saturated carbocycles. The molecular weight excluding hydrogens is 156 g/mol. The van der Waals surface area contributed by atoms with Crippen LogP contribution in [0.15, 0.2) is 24.3 Å². The highest BCUT2D eigenvalue weighted by Crippen LogP contribution is 2.11. The summed E-state index contributed by atoms with van der Waals surface area (Å²) in [4.78, 5) is 11.2. The molecule has 1 aliphatic heterocycles. The fourth-order valence-electron chi connectivity index (χ4n) is 1.28. The summed E-state index contributed by atoms with van der Waals surface area (Å²) in [5.74, 6) is -0.162. The van der Waals surface area contributed by atoms with E-state index in [1.807, 2.05) is 0 Å². The molecule has 2 rings (SSSR count). The minimum absolute atomic E-state index is 0.0230. The molecule has 1 atom stereocenters. The number of hydrogen-bond donors (Lipinski definition) is 2. The molecule has 62 valence electrons. The summed E-state index contributed by atoms with van der Waals surface area (Å²) in [6.07, 6.45) is 0. The van der Waals surface area contributed by atoms with E-state index in [0.717, 1.165) is 0 Å². The lowest BCUT2D eigenvalue weighted by Crippen LogP contribution is -3.05. The SMILES string of the molecule is O=C1NC[NH+]([O-])c2ccccc21. The summed E-state index contributed by atoms with van der Waals surface area (Å²) < 4.78 is 0. The standard InChI is InChI=1S/C8H8N2O2/c11-8-6-3-1-2-4-7(6)10(12)5-9-8/h1-4,10H,5H2,(H,9,11). The summed E-state index contributed by atoms with van der Waals surface area (Å²) >= 11 is 0. The number of para-hydroxylation sites is 1. The van der Waals surface area contributed by atoms with Gasteiger partial charge >= 0.3 is 0 Å². The molecule has 0 aliphatic carbocycles. The number of hydroxylamine groups is 1. The van der Waals surface area contributed by atoms with Crippen LogP contribution in [-0.2, 0) is 0 Å². The first kappa shape index (κ1) is 7.27. The third-order valence-electron chi connectivity index (χ3n) is 1.88. The Labute approximate surface area is 69.4 Å². The van der Waals surface area contributed by atoms with Crippen LogP contribution in [-0.4, -0.2) is 12.6 Å². The number of amides is 1. The molecule has 4 heteroatoms.